The maximum Gasteiger partial charge on any atom is 0.320 e. The minimum absolute atomic E-state index is 0.341. The zero-order chi connectivity index (χ0) is 12.8. The summed E-state index contributed by atoms with van der Waals surface area (Å²) in [6.07, 6.45) is 1.35. The Kier molecular flexibility index (Phi) is 5.58. The minimum atomic E-state index is -0.871. The quantitative estimate of drug-likeness (QED) is 0.849. The average Bonchev–Trinajstić information content (AvgIpc) is 2.28. The molecule has 1 unspecified atom stereocenters. The highest BCUT2D eigenvalue weighted by Gasteiger charge is 2.15. The van der Waals surface area contributed by atoms with Crippen molar-refractivity contribution >= 4 is 21.9 Å². The maximum atomic E-state index is 13.2. The second-order valence-electron chi connectivity index (χ2n) is 3.81. The first kappa shape index (κ1) is 14.1. The largest absolute Gasteiger partial charge is 0.480 e. The molecule has 0 saturated heterocycles. The van der Waals surface area contributed by atoms with Gasteiger partial charge in [0.05, 0.1) is 4.47 Å². The number of benzene rings is 1. The van der Waals surface area contributed by atoms with Gasteiger partial charge in [-0.25, -0.2) is 4.39 Å². The smallest absolute Gasteiger partial charge is 0.320 e. The van der Waals surface area contributed by atoms with Gasteiger partial charge < -0.3 is 10.4 Å². The van der Waals surface area contributed by atoms with Crippen LogP contribution in [0.2, 0.25) is 0 Å². The lowest BCUT2D eigenvalue weighted by Gasteiger charge is -2.13. The second kappa shape index (κ2) is 6.71. The summed E-state index contributed by atoms with van der Waals surface area (Å²) in [7, 11) is 0. The van der Waals surface area contributed by atoms with Crippen molar-refractivity contribution in [3.8, 4) is 0 Å². The summed E-state index contributed by atoms with van der Waals surface area (Å²) in [6.45, 7) is 2.28. The number of carboxylic acids is 1. The van der Waals surface area contributed by atoms with Crippen LogP contribution in [-0.4, -0.2) is 17.1 Å². The summed E-state index contributed by atoms with van der Waals surface area (Å²) in [6, 6.07) is 4.18. The molecule has 1 aromatic carbocycles. The Morgan fingerprint density at radius 1 is 1.59 bits per heavy atom. The van der Waals surface area contributed by atoms with E-state index >= 15 is 0 Å². The van der Waals surface area contributed by atoms with Crippen molar-refractivity contribution in [2.24, 2.45) is 0 Å². The number of nitrogens with one attached hydrogen (secondary N) is 1. The molecule has 17 heavy (non-hydrogen) atoms. The van der Waals surface area contributed by atoms with Gasteiger partial charge in [-0.2, -0.15) is 0 Å². The van der Waals surface area contributed by atoms with Gasteiger partial charge in [0.15, 0.2) is 0 Å². The van der Waals surface area contributed by atoms with E-state index in [4.69, 9.17) is 5.11 Å². The minimum Gasteiger partial charge on any atom is -0.480 e. The SMILES string of the molecule is CCCC(NCc1ccc(Br)c(F)c1)C(=O)O. The predicted molar refractivity (Wildman–Crippen MR) is 67.3 cm³/mol. The molecule has 1 rings (SSSR count). The van der Waals surface area contributed by atoms with Gasteiger partial charge >= 0.3 is 5.97 Å². The summed E-state index contributed by atoms with van der Waals surface area (Å²) in [5.41, 5.74) is 0.730. The zero-order valence-electron chi connectivity index (χ0n) is 9.54. The zero-order valence-corrected chi connectivity index (χ0v) is 11.1. The molecule has 3 nitrogen and oxygen atoms in total. The number of rotatable bonds is 6. The number of carbonyl (C=O) groups is 1. The van der Waals surface area contributed by atoms with E-state index in [0.29, 0.717) is 17.4 Å². The van der Waals surface area contributed by atoms with E-state index < -0.39 is 12.0 Å². The van der Waals surface area contributed by atoms with Crippen molar-refractivity contribution in [3.63, 3.8) is 0 Å². The predicted octanol–water partition coefficient (Wildman–Crippen LogP) is 2.93. The van der Waals surface area contributed by atoms with Crippen LogP contribution >= 0.6 is 15.9 Å². The van der Waals surface area contributed by atoms with E-state index in [1.165, 1.54) is 6.07 Å². The molecule has 0 aromatic heterocycles. The van der Waals surface area contributed by atoms with Crippen molar-refractivity contribution in [2.45, 2.75) is 32.4 Å². The Morgan fingerprint density at radius 3 is 2.82 bits per heavy atom. The third-order valence-corrected chi connectivity index (χ3v) is 3.06. The van der Waals surface area contributed by atoms with Crippen LogP contribution in [0, 0.1) is 5.82 Å². The van der Waals surface area contributed by atoms with Crippen LogP contribution in [0.25, 0.3) is 0 Å². The first-order valence-corrected chi connectivity index (χ1v) is 6.24. The second-order valence-corrected chi connectivity index (χ2v) is 4.66. The summed E-state index contributed by atoms with van der Waals surface area (Å²) in [5, 5.41) is 11.8. The van der Waals surface area contributed by atoms with Gasteiger partial charge in [0, 0.05) is 6.54 Å². The van der Waals surface area contributed by atoms with E-state index in [1.54, 1.807) is 12.1 Å². The number of aliphatic carboxylic acids is 1. The molecule has 0 heterocycles. The highest BCUT2D eigenvalue weighted by atomic mass is 79.9. The van der Waals surface area contributed by atoms with Crippen molar-refractivity contribution in [1.82, 2.24) is 5.32 Å². The highest BCUT2D eigenvalue weighted by molar-refractivity contribution is 9.10. The number of hydrogen-bond acceptors (Lipinski definition) is 2. The van der Waals surface area contributed by atoms with Crippen LogP contribution in [0.1, 0.15) is 25.3 Å². The third-order valence-electron chi connectivity index (χ3n) is 2.41. The van der Waals surface area contributed by atoms with Gasteiger partial charge in [0.1, 0.15) is 11.9 Å². The molecule has 0 aliphatic carbocycles. The standard InChI is InChI=1S/C12H15BrFNO2/c1-2-3-11(12(16)17)15-7-8-4-5-9(13)10(14)6-8/h4-6,11,15H,2-3,7H2,1H3,(H,16,17). The number of carboxylic acid groups (broad SMARTS) is 1. The Bertz CT molecular complexity index is 398. The Balaban J connectivity index is 2.59. The van der Waals surface area contributed by atoms with Gasteiger partial charge in [0.2, 0.25) is 0 Å². The molecule has 0 radical (unpaired) electrons. The molecule has 94 valence electrons. The topological polar surface area (TPSA) is 49.3 Å². The van der Waals surface area contributed by atoms with Crippen molar-refractivity contribution < 1.29 is 14.3 Å². The van der Waals surface area contributed by atoms with Crippen LogP contribution in [0.5, 0.6) is 0 Å². The molecule has 0 bridgehead atoms. The first-order valence-electron chi connectivity index (χ1n) is 5.44. The highest BCUT2D eigenvalue weighted by Crippen LogP contribution is 2.16. The number of halogens is 2. The van der Waals surface area contributed by atoms with Crippen LogP contribution < -0.4 is 5.32 Å². The van der Waals surface area contributed by atoms with E-state index in [0.717, 1.165) is 12.0 Å². The lowest BCUT2D eigenvalue weighted by molar-refractivity contribution is -0.139. The Morgan fingerprint density at radius 2 is 2.29 bits per heavy atom. The summed E-state index contributed by atoms with van der Waals surface area (Å²) in [4.78, 5) is 10.9. The molecule has 1 aromatic rings. The lowest BCUT2D eigenvalue weighted by Crippen LogP contribution is -2.36. The summed E-state index contributed by atoms with van der Waals surface area (Å²) >= 11 is 3.07. The molecule has 1 atom stereocenters. The van der Waals surface area contributed by atoms with E-state index in [1.807, 2.05) is 6.92 Å². The van der Waals surface area contributed by atoms with Crippen LogP contribution in [0.3, 0.4) is 0 Å². The fourth-order valence-electron chi connectivity index (χ4n) is 1.49. The van der Waals surface area contributed by atoms with Crippen LogP contribution in [0.15, 0.2) is 22.7 Å². The molecule has 0 amide bonds. The van der Waals surface area contributed by atoms with Crippen LogP contribution in [0.4, 0.5) is 4.39 Å². The van der Waals surface area contributed by atoms with E-state index in [9.17, 15) is 9.18 Å². The van der Waals surface area contributed by atoms with E-state index in [2.05, 4.69) is 21.2 Å². The molecule has 0 aliphatic heterocycles. The van der Waals surface area contributed by atoms with Crippen LogP contribution in [-0.2, 0) is 11.3 Å². The molecule has 5 heteroatoms. The van der Waals surface area contributed by atoms with Crippen molar-refractivity contribution in [3.05, 3.63) is 34.1 Å². The lowest BCUT2D eigenvalue weighted by atomic mass is 10.1. The molecular formula is C12H15BrFNO2. The fraction of sp³-hybridized carbons (Fsp3) is 0.417. The Labute approximate surface area is 108 Å². The van der Waals surface area contributed by atoms with Crippen molar-refractivity contribution in [2.75, 3.05) is 0 Å². The van der Waals surface area contributed by atoms with Crippen molar-refractivity contribution in [1.29, 1.82) is 0 Å². The molecular weight excluding hydrogens is 289 g/mol. The third kappa shape index (κ3) is 4.44. The normalized spacial score (nSPS) is 12.4. The molecule has 0 saturated carbocycles. The number of hydrogen-bond donors (Lipinski definition) is 2. The van der Waals surface area contributed by atoms with Gasteiger partial charge in [-0.1, -0.05) is 19.4 Å². The van der Waals surface area contributed by atoms with Gasteiger partial charge in [-0.15, -0.1) is 0 Å². The average molecular weight is 304 g/mol. The fourth-order valence-corrected chi connectivity index (χ4v) is 1.74. The molecule has 2 N–H and O–H groups in total. The molecule has 0 fully saturated rings. The van der Waals surface area contributed by atoms with Gasteiger partial charge in [-0.05, 0) is 40.0 Å². The molecule has 0 spiro atoms. The maximum absolute atomic E-state index is 13.2. The Hall–Kier alpha value is -0.940. The summed E-state index contributed by atoms with van der Waals surface area (Å²) < 4.78 is 13.6. The monoisotopic (exact) mass is 303 g/mol. The summed E-state index contributed by atoms with van der Waals surface area (Å²) in [5.74, 6) is -1.21. The van der Waals surface area contributed by atoms with E-state index in [-0.39, 0.29) is 5.82 Å². The van der Waals surface area contributed by atoms with Gasteiger partial charge in [-0.3, -0.25) is 4.79 Å². The molecule has 0 aliphatic rings. The van der Waals surface area contributed by atoms with Gasteiger partial charge in [0.25, 0.3) is 0 Å². The first-order chi connectivity index (χ1) is 8.04.